The maximum absolute atomic E-state index is 9.50. The van der Waals surface area contributed by atoms with Gasteiger partial charge in [0.05, 0.1) is 18.3 Å². The first kappa shape index (κ1) is 19.3. The van der Waals surface area contributed by atoms with E-state index in [0.29, 0.717) is 16.7 Å². The van der Waals surface area contributed by atoms with Crippen molar-refractivity contribution < 1.29 is 9.52 Å². The fourth-order valence-corrected chi connectivity index (χ4v) is 4.47. The Kier molecular flexibility index (Phi) is 5.87. The smallest absolute Gasteiger partial charge is 0.170 e. The summed E-state index contributed by atoms with van der Waals surface area (Å²) >= 11 is 13.0. The summed E-state index contributed by atoms with van der Waals surface area (Å²) in [6, 6.07) is 17.0. The first-order valence-corrected chi connectivity index (χ1v) is 10.4. The van der Waals surface area contributed by atoms with E-state index in [9.17, 15) is 5.11 Å². The lowest BCUT2D eigenvalue weighted by atomic mass is 10.0. The Bertz CT molecular complexity index is 950. The summed E-state index contributed by atoms with van der Waals surface area (Å²) in [5.41, 5.74) is 0.874. The van der Waals surface area contributed by atoms with Crippen LogP contribution in [0.3, 0.4) is 0 Å². The molecule has 28 heavy (non-hydrogen) atoms. The lowest BCUT2D eigenvalue weighted by Gasteiger charge is -2.25. The van der Waals surface area contributed by atoms with Crippen molar-refractivity contribution in [2.75, 3.05) is 13.2 Å². The normalized spacial score (nSPS) is 19.1. The molecule has 1 aliphatic rings. The summed E-state index contributed by atoms with van der Waals surface area (Å²) in [5, 5.41) is 14.9. The molecule has 0 saturated carbocycles. The van der Waals surface area contributed by atoms with Crippen LogP contribution >= 0.6 is 35.6 Å². The highest BCUT2D eigenvalue weighted by Crippen LogP contribution is 2.41. The number of nitrogens with zero attached hydrogens (tertiary/aromatic N) is 2. The Balaban J connectivity index is 1.63. The molecule has 8 heteroatoms. The molecule has 0 bridgehead atoms. The standard InChI is InChI=1S/C20H18ClN3O2S2/c21-13-4-6-14(7-5-13)28-17-9-8-16(26-17)19-18(15-3-1-2-10-22-15)23-20(27)24(19)11-12-25/h1-10,18-19,25H,11-12H2,(H,23,27). The van der Waals surface area contributed by atoms with Gasteiger partial charge in [-0.15, -0.1) is 0 Å². The number of pyridine rings is 1. The van der Waals surface area contributed by atoms with Crippen molar-refractivity contribution in [2.45, 2.75) is 22.1 Å². The number of aromatic nitrogens is 1. The van der Waals surface area contributed by atoms with E-state index in [2.05, 4.69) is 10.3 Å². The summed E-state index contributed by atoms with van der Waals surface area (Å²) < 4.78 is 6.16. The third kappa shape index (κ3) is 4.03. The number of nitrogens with one attached hydrogen (secondary N) is 1. The lowest BCUT2D eigenvalue weighted by molar-refractivity contribution is 0.204. The van der Waals surface area contributed by atoms with Crippen LogP contribution in [-0.2, 0) is 0 Å². The van der Waals surface area contributed by atoms with Crippen LogP contribution in [-0.4, -0.2) is 33.3 Å². The fraction of sp³-hybridized carbons (Fsp3) is 0.200. The van der Waals surface area contributed by atoms with Crippen molar-refractivity contribution in [1.82, 2.24) is 15.2 Å². The van der Waals surface area contributed by atoms with Crippen LogP contribution in [0.1, 0.15) is 23.5 Å². The second-order valence-corrected chi connectivity index (χ2v) is 8.16. The van der Waals surface area contributed by atoms with Crippen molar-refractivity contribution in [3.05, 3.63) is 77.3 Å². The van der Waals surface area contributed by atoms with Gasteiger partial charge in [-0.3, -0.25) is 4.98 Å². The molecule has 3 heterocycles. The minimum absolute atomic E-state index is 0.000346. The third-order valence-corrected chi connectivity index (χ3v) is 6.00. The van der Waals surface area contributed by atoms with E-state index in [1.165, 1.54) is 11.8 Å². The molecule has 2 aromatic heterocycles. The Morgan fingerprint density at radius 1 is 1.18 bits per heavy atom. The number of hydrogen-bond donors (Lipinski definition) is 2. The lowest BCUT2D eigenvalue weighted by Crippen LogP contribution is -2.32. The number of halogens is 1. The van der Waals surface area contributed by atoms with E-state index in [1.807, 2.05) is 59.5 Å². The van der Waals surface area contributed by atoms with Gasteiger partial charge in [-0.25, -0.2) is 0 Å². The molecule has 1 fully saturated rings. The molecular formula is C20H18ClN3O2S2. The van der Waals surface area contributed by atoms with Crippen molar-refractivity contribution in [3.63, 3.8) is 0 Å². The molecule has 2 N–H and O–H groups in total. The van der Waals surface area contributed by atoms with Gasteiger partial charge in [0, 0.05) is 22.7 Å². The number of rotatable bonds is 6. The zero-order chi connectivity index (χ0) is 19.5. The molecule has 0 amide bonds. The third-order valence-electron chi connectivity index (χ3n) is 4.46. The number of thiocarbonyl (C=S) groups is 1. The van der Waals surface area contributed by atoms with E-state index in [-0.39, 0.29) is 18.7 Å². The minimum Gasteiger partial charge on any atom is -0.452 e. The molecule has 144 valence electrons. The van der Waals surface area contributed by atoms with Crippen molar-refractivity contribution in [1.29, 1.82) is 0 Å². The number of hydrogen-bond acceptors (Lipinski definition) is 5. The summed E-state index contributed by atoms with van der Waals surface area (Å²) in [6.45, 7) is 0.417. The fourth-order valence-electron chi connectivity index (χ4n) is 3.23. The zero-order valence-corrected chi connectivity index (χ0v) is 17.2. The van der Waals surface area contributed by atoms with E-state index in [4.69, 9.17) is 28.2 Å². The number of aliphatic hydroxyl groups is 1. The average molecular weight is 432 g/mol. The van der Waals surface area contributed by atoms with Crippen LogP contribution in [0.15, 0.2) is 75.2 Å². The predicted molar refractivity (Wildman–Crippen MR) is 114 cm³/mol. The maximum Gasteiger partial charge on any atom is 0.170 e. The van der Waals surface area contributed by atoms with Gasteiger partial charge < -0.3 is 19.7 Å². The van der Waals surface area contributed by atoms with Gasteiger partial charge in [0.15, 0.2) is 10.2 Å². The Hall–Kier alpha value is -2.06. The highest BCUT2D eigenvalue weighted by atomic mass is 35.5. The number of benzene rings is 1. The molecule has 2 atom stereocenters. The minimum atomic E-state index is -0.186. The molecule has 1 saturated heterocycles. The van der Waals surface area contributed by atoms with E-state index >= 15 is 0 Å². The molecule has 3 aromatic rings. The molecule has 0 radical (unpaired) electrons. The summed E-state index contributed by atoms with van der Waals surface area (Å²) in [7, 11) is 0. The van der Waals surface area contributed by atoms with Crippen LogP contribution in [0.4, 0.5) is 0 Å². The molecule has 0 aliphatic carbocycles. The highest BCUT2D eigenvalue weighted by Gasteiger charge is 2.41. The van der Waals surface area contributed by atoms with Gasteiger partial charge in [0.1, 0.15) is 11.8 Å². The van der Waals surface area contributed by atoms with Crippen LogP contribution < -0.4 is 5.32 Å². The summed E-state index contributed by atoms with van der Waals surface area (Å²) in [6.07, 6.45) is 1.76. The van der Waals surface area contributed by atoms with Gasteiger partial charge in [0.2, 0.25) is 0 Å². The molecule has 1 aromatic carbocycles. The van der Waals surface area contributed by atoms with E-state index in [1.54, 1.807) is 6.20 Å². The highest BCUT2D eigenvalue weighted by molar-refractivity contribution is 7.99. The van der Waals surface area contributed by atoms with Gasteiger partial charge >= 0.3 is 0 Å². The first-order chi connectivity index (χ1) is 13.7. The quantitative estimate of drug-likeness (QED) is 0.559. The van der Waals surface area contributed by atoms with Crippen LogP contribution in [0.5, 0.6) is 0 Å². The second kappa shape index (κ2) is 8.53. The Morgan fingerprint density at radius 3 is 2.71 bits per heavy atom. The van der Waals surface area contributed by atoms with E-state index < -0.39 is 0 Å². The van der Waals surface area contributed by atoms with E-state index in [0.717, 1.165) is 21.4 Å². The SMILES string of the molecule is OCCN1C(=S)NC(c2ccccn2)C1c1ccc(Sc2ccc(Cl)cc2)o1. The molecule has 4 rings (SSSR count). The Labute approximate surface area is 177 Å². The molecule has 5 nitrogen and oxygen atoms in total. The largest absolute Gasteiger partial charge is 0.452 e. The molecule has 0 spiro atoms. The average Bonchev–Trinajstić information content (AvgIpc) is 3.29. The molecule has 1 aliphatic heterocycles. The van der Waals surface area contributed by atoms with Crippen LogP contribution in [0, 0.1) is 0 Å². The summed E-state index contributed by atoms with van der Waals surface area (Å²) in [4.78, 5) is 7.47. The monoisotopic (exact) mass is 431 g/mol. The molecule has 2 unspecified atom stereocenters. The van der Waals surface area contributed by atoms with Crippen molar-refractivity contribution >= 4 is 40.7 Å². The zero-order valence-electron chi connectivity index (χ0n) is 14.8. The number of aliphatic hydroxyl groups excluding tert-OH is 1. The first-order valence-electron chi connectivity index (χ1n) is 8.78. The van der Waals surface area contributed by atoms with Crippen molar-refractivity contribution in [3.8, 4) is 0 Å². The van der Waals surface area contributed by atoms with Crippen LogP contribution in [0.25, 0.3) is 0 Å². The number of furan rings is 1. The van der Waals surface area contributed by atoms with Crippen LogP contribution in [0.2, 0.25) is 5.02 Å². The maximum atomic E-state index is 9.50. The molecular weight excluding hydrogens is 414 g/mol. The summed E-state index contributed by atoms with van der Waals surface area (Å²) in [5.74, 6) is 0.771. The predicted octanol–water partition coefficient (Wildman–Crippen LogP) is 4.44. The van der Waals surface area contributed by atoms with Gasteiger partial charge in [-0.05, 0) is 60.7 Å². The number of β-amino-alcohol motifs (C(OH)–C–C–N with tert-alkyl or cyclic N) is 1. The van der Waals surface area contributed by atoms with Gasteiger partial charge in [-0.2, -0.15) is 0 Å². The van der Waals surface area contributed by atoms with Crippen molar-refractivity contribution in [2.24, 2.45) is 0 Å². The second-order valence-electron chi connectivity index (χ2n) is 6.26. The van der Waals surface area contributed by atoms with Gasteiger partial charge in [0.25, 0.3) is 0 Å². The topological polar surface area (TPSA) is 61.5 Å². The van der Waals surface area contributed by atoms with Gasteiger partial charge in [-0.1, -0.05) is 29.4 Å². The Morgan fingerprint density at radius 2 is 2.00 bits per heavy atom.